The lowest BCUT2D eigenvalue weighted by Gasteiger charge is -2.33. The SMILES string of the molecule is CCCCCNC(=O)C1N(CCCCCO)C(=O)[C@@H]2[C@H](C(=O)Nc3ccc(OCC)cc3)[C@]3(C)CCC12O3. The third-order valence-corrected chi connectivity index (χ3v) is 8.38. The van der Waals surface area contributed by atoms with Crippen LogP contribution >= 0.6 is 0 Å². The van der Waals surface area contributed by atoms with Gasteiger partial charge in [-0.15, -0.1) is 0 Å². The Labute approximate surface area is 225 Å². The zero-order valence-electron chi connectivity index (χ0n) is 23.0. The van der Waals surface area contributed by atoms with Gasteiger partial charge in [-0.05, 0) is 76.6 Å². The van der Waals surface area contributed by atoms with Crippen molar-refractivity contribution in [2.24, 2.45) is 11.8 Å². The Hall–Kier alpha value is -2.65. The minimum Gasteiger partial charge on any atom is -0.494 e. The number of carbonyl (C=O) groups excluding carboxylic acids is 3. The molecule has 3 aliphatic rings. The molecule has 0 aliphatic carbocycles. The quantitative estimate of drug-likeness (QED) is 0.319. The second kappa shape index (κ2) is 12.0. The molecule has 2 bridgehead atoms. The Morgan fingerprint density at radius 2 is 1.84 bits per heavy atom. The number of hydrogen-bond acceptors (Lipinski definition) is 6. The van der Waals surface area contributed by atoms with Gasteiger partial charge in [0, 0.05) is 25.4 Å². The summed E-state index contributed by atoms with van der Waals surface area (Å²) in [7, 11) is 0. The molecule has 3 amide bonds. The summed E-state index contributed by atoms with van der Waals surface area (Å²) in [4.78, 5) is 42.9. The maximum absolute atomic E-state index is 14.0. The molecule has 2 unspecified atom stereocenters. The largest absolute Gasteiger partial charge is 0.494 e. The van der Waals surface area contributed by atoms with Crippen LogP contribution < -0.4 is 15.4 Å². The molecule has 5 atom stereocenters. The zero-order valence-corrected chi connectivity index (χ0v) is 23.0. The zero-order chi connectivity index (χ0) is 27.3. The molecule has 9 nitrogen and oxygen atoms in total. The molecule has 3 heterocycles. The van der Waals surface area contributed by atoms with Gasteiger partial charge >= 0.3 is 0 Å². The fourth-order valence-corrected chi connectivity index (χ4v) is 6.64. The standard InChI is InChI=1S/C29H43N3O6/c1-4-6-8-17-30-26(35)24-29-16-15-28(3,38-29)22(23(29)27(36)32(24)18-9-7-10-19-33)25(34)31-20-11-13-21(14-12-20)37-5-2/h11-14,22-24,33H,4-10,15-19H2,1-3H3,(H,30,35)(H,31,34)/t22-,23+,24?,28+,29?/m1/s1. The number of anilines is 1. The Kier molecular flexibility index (Phi) is 8.98. The summed E-state index contributed by atoms with van der Waals surface area (Å²) < 4.78 is 12.1. The van der Waals surface area contributed by atoms with E-state index in [2.05, 4.69) is 17.6 Å². The number of hydrogen-bond donors (Lipinski definition) is 3. The molecular weight excluding hydrogens is 486 g/mol. The van der Waals surface area contributed by atoms with Crippen molar-refractivity contribution in [2.45, 2.75) is 89.4 Å². The summed E-state index contributed by atoms with van der Waals surface area (Å²) in [6.07, 6.45) is 6.19. The Morgan fingerprint density at radius 1 is 1.08 bits per heavy atom. The van der Waals surface area contributed by atoms with Crippen molar-refractivity contribution in [1.29, 1.82) is 0 Å². The van der Waals surface area contributed by atoms with Crippen LogP contribution in [0.1, 0.15) is 72.1 Å². The fourth-order valence-electron chi connectivity index (χ4n) is 6.64. The van der Waals surface area contributed by atoms with E-state index in [0.717, 1.165) is 31.4 Å². The van der Waals surface area contributed by atoms with Crippen molar-refractivity contribution in [1.82, 2.24) is 10.2 Å². The average molecular weight is 530 g/mol. The summed E-state index contributed by atoms with van der Waals surface area (Å²) in [6.45, 7) is 7.52. The molecule has 1 aromatic rings. The number of aliphatic hydroxyl groups is 1. The van der Waals surface area contributed by atoms with Crippen molar-refractivity contribution in [2.75, 3.05) is 31.6 Å². The van der Waals surface area contributed by atoms with Gasteiger partial charge in [-0.3, -0.25) is 14.4 Å². The van der Waals surface area contributed by atoms with Crippen LogP contribution in [-0.4, -0.2) is 71.3 Å². The molecule has 210 valence electrons. The smallest absolute Gasteiger partial charge is 0.245 e. The normalized spacial score (nSPS) is 29.4. The van der Waals surface area contributed by atoms with Crippen LogP contribution in [0.25, 0.3) is 0 Å². The monoisotopic (exact) mass is 529 g/mol. The van der Waals surface area contributed by atoms with Crippen LogP contribution in [0.2, 0.25) is 0 Å². The van der Waals surface area contributed by atoms with Crippen LogP contribution in [0.3, 0.4) is 0 Å². The van der Waals surface area contributed by atoms with Crippen LogP contribution in [-0.2, 0) is 19.1 Å². The summed E-state index contributed by atoms with van der Waals surface area (Å²) in [6, 6.07) is 6.40. The molecule has 0 aromatic heterocycles. The van der Waals surface area contributed by atoms with Crippen molar-refractivity contribution in [3.63, 3.8) is 0 Å². The van der Waals surface area contributed by atoms with E-state index in [9.17, 15) is 19.5 Å². The molecule has 0 saturated carbocycles. The number of likely N-dealkylation sites (tertiary alicyclic amines) is 1. The molecular formula is C29H43N3O6. The van der Waals surface area contributed by atoms with Crippen molar-refractivity contribution in [3.05, 3.63) is 24.3 Å². The number of benzene rings is 1. The van der Waals surface area contributed by atoms with Gasteiger partial charge in [0.1, 0.15) is 17.4 Å². The molecule has 0 radical (unpaired) electrons. The van der Waals surface area contributed by atoms with E-state index in [0.29, 0.717) is 51.1 Å². The van der Waals surface area contributed by atoms with Gasteiger partial charge in [0.2, 0.25) is 17.7 Å². The maximum atomic E-state index is 14.0. The first-order chi connectivity index (χ1) is 18.3. The minimum atomic E-state index is -1.02. The average Bonchev–Trinajstić information content (AvgIpc) is 3.46. The van der Waals surface area contributed by atoms with Crippen LogP contribution in [0.5, 0.6) is 5.75 Å². The Balaban J connectivity index is 1.58. The van der Waals surface area contributed by atoms with Gasteiger partial charge in [0.15, 0.2) is 0 Å². The Morgan fingerprint density at radius 3 is 2.53 bits per heavy atom. The number of ether oxygens (including phenoxy) is 2. The highest BCUT2D eigenvalue weighted by atomic mass is 16.5. The van der Waals surface area contributed by atoms with Gasteiger partial charge < -0.3 is 30.1 Å². The molecule has 1 aromatic carbocycles. The third kappa shape index (κ3) is 5.27. The van der Waals surface area contributed by atoms with Crippen molar-refractivity contribution < 1.29 is 29.0 Å². The summed E-state index contributed by atoms with van der Waals surface area (Å²) in [5.41, 5.74) is -1.21. The molecule has 9 heteroatoms. The number of fused-ring (bicyclic) bond motifs is 1. The molecule has 4 rings (SSSR count). The number of nitrogens with zero attached hydrogens (tertiary/aromatic N) is 1. The van der Waals surface area contributed by atoms with E-state index in [1.54, 1.807) is 29.2 Å². The van der Waals surface area contributed by atoms with Crippen LogP contribution in [0.4, 0.5) is 5.69 Å². The molecule has 3 saturated heterocycles. The highest BCUT2D eigenvalue weighted by Gasteiger charge is 2.77. The second-order valence-corrected chi connectivity index (χ2v) is 11.0. The summed E-state index contributed by atoms with van der Waals surface area (Å²) in [5, 5.41) is 15.2. The molecule has 38 heavy (non-hydrogen) atoms. The second-order valence-electron chi connectivity index (χ2n) is 11.0. The van der Waals surface area contributed by atoms with Gasteiger partial charge in [-0.25, -0.2) is 0 Å². The number of nitrogens with one attached hydrogen (secondary N) is 2. The first-order valence-electron chi connectivity index (χ1n) is 14.2. The number of carbonyl (C=O) groups is 3. The number of unbranched alkanes of at least 4 members (excludes halogenated alkanes) is 4. The lowest BCUT2D eigenvalue weighted by molar-refractivity contribution is -0.145. The summed E-state index contributed by atoms with van der Waals surface area (Å²) in [5.74, 6) is -1.34. The van der Waals surface area contributed by atoms with E-state index in [1.807, 2.05) is 13.8 Å². The van der Waals surface area contributed by atoms with Crippen molar-refractivity contribution >= 4 is 23.4 Å². The molecule has 1 spiro atoms. The van der Waals surface area contributed by atoms with Crippen molar-refractivity contribution in [3.8, 4) is 5.75 Å². The van der Waals surface area contributed by atoms with E-state index < -0.39 is 29.1 Å². The van der Waals surface area contributed by atoms with Crippen LogP contribution in [0.15, 0.2) is 24.3 Å². The van der Waals surface area contributed by atoms with E-state index in [1.165, 1.54) is 0 Å². The fraction of sp³-hybridized carbons (Fsp3) is 0.690. The van der Waals surface area contributed by atoms with E-state index in [-0.39, 0.29) is 24.3 Å². The first kappa shape index (κ1) is 28.4. The Bertz CT molecular complexity index is 1000. The van der Waals surface area contributed by atoms with Crippen LogP contribution in [0, 0.1) is 11.8 Å². The third-order valence-electron chi connectivity index (χ3n) is 8.38. The number of aliphatic hydroxyl groups excluding tert-OH is 1. The van der Waals surface area contributed by atoms with Gasteiger partial charge in [0.05, 0.1) is 24.0 Å². The number of amides is 3. The van der Waals surface area contributed by atoms with E-state index in [4.69, 9.17) is 9.47 Å². The predicted molar refractivity (Wildman–Crippen MR) is 144 cm³/mol. The lowest BCUT2D eigenvalue weighted by atomic mass is 9.66. The number of rotatable bonds is 14. The topological polar surface area (TPSA) is 117 Å². The van der Waals surface area contributed by atoms with E-state index >= 15 is 0 Å². The summed E-state index contributed by atoms with van der Waals surface area (Å²) >= 11 is 0. The highest BCUT2D eigenvalue weighted by molar-refractivity contribution is 6.02. The van der Waals surface area contributed by atoms with Gasteiger partial charge in [0.25, 0.3) is 0 Å². The molecule has 3 aliphatic heterocycles. The van der Waals surface area contributed by atoms with Gasteiger partial charge in [-0.1, -0.05) is 19.8 Å². The first-order valence-corrected chi connectivity index (χ1v) is 14.2. The highest BCUT2D eigenvalue weighted by Crippen LogP contribution is 2.63. The lowest BCUT2D eigenvalue weighted by Crippen LogP contribution is -2.55. The molecule has 3 N–H and O–H groups in total. The minimum absolute atomic E-state index is 0.0944. The predicted octanol–water partition coefficient (Wildman–Crippen LogP) is 3.26. The molecule has 3 fully saturated rings. The maximum Gasteiger partial charge on any atom is 0.245 e. The van der Waals surface area contributed by atoms with Gasteiger partial charge in [-0.2, -0.15) is 0 Å².